The molecule has 0 radical (unpaired) electrons. The molecular weight excluding hydrogens is 384 g/mol. The second-order valence-electron chi connectivity index (χ2n) is 6.33. The SMILES string of the molecule is CC(C)c1nc(Cl)nc(NCCCNC(=O)OCc2ccccc2)c1C(=O)O. The van der Waals surface area contributed by atoms with Gasteiger partial charge in [-0.3, -0.25) is 0 Å². The van der Waals surface area contributed by atoms with E-state index in [1.807, 2.05) is 44.2 Å². The number of hydrogen-bond acceptors (Lipinski definition) is 6. The molecule has 0 saturated carbocycles. The van der Waals surface area contributed by atoms with Crippen molar-refractivity contribution in [1.29, 1.82) is 0 Å². The fraction of sp³-hybridized carbons (Fsp3) is 0.368. The molecule has 0 aliphatic carbocycles. The molecule has 0 atom stereocenters. The molecule has 1 aromatic heterocycles. The molecule has 0 fully saturated rings. The van der Waals surface area contributed by atoms with E-state index in [4.69, 9.17) is 16.3 Å². The number of ether oxygens (including phenoxy) is 1. The number of benzene rings is 1. The van der Waals surface area contributed by atoms with Crippen LogP contribution in [0.25, 0.3) is 0 Å². The largest absolute Gasteiger partial charge is 0.477 e. The number of anilines is 1. The highest BCUT2D eigenvalue weighted by atomic mass is 35.5. The molecule has 1 heterocycles. The summed E-state index contributed by atoms with van der Waals surface area (Å²) in [6.07, 6.45) is 0.0280. The van der Waals surface area contributed by atoms with Crippen LogP contribution in [0.15, 0.2) is 30.3 Å². The Morgan fingerprint density at radius 3 is 2.54 bits per heavy atom. The van der Waals surface area contributed by atoms with Crippen LogP contribution in [0.4, 0.5) is 10.6 Å². The maximum atomic E-state index is 11.7. The third-order valence-electron chi connectivity index (χ3n) is 3.80. The van der Waals surface area contributed by atoms with E-state index >= 15 is 0 Å². The Morgan fingerprint density at radius 1 is 1.18 bits per heavy atom. The van der Waals surface area contributed by atoms with Gasteiger partial charge in [-0.1, -0.05) is 44.2 Å². The second kappa shape index (κ2) is 10.5. The number of nitrogens with one attached hydrogen (secondary N) is 2. The van der Waals surface area contributed by atoms with E-state index < -0.39 is 12.1 Å². The van der Waals surface area contributed by atoms with Gasteiger partial charge in [-0.25, -0.2) is 14.6 Å². The number of hydrogen-bond donors (Lipinski definition) is 3. The van der Waals surface area contributed by atoms with Crippen LogP contribution in [-0.2, 0) is 11.3 Å². The van der Waals surface area contributed by atoms with Gasteiger partial charge in [-0.05, 0) is 29.5 Å². The van der Waals surface area contributed by atoms with Crippen LogP contribution < -0.4 is 10.6 Å². The van der Waals surface area contributed by atoms with Crippen LogP contribution in [-0.4, -0.2) is 40.2 Å². The average Bonchev–Trinajstić information content (AvgIpc) is 2.66. The number of nitrogens with zero attached hydrogens (tertiary/aromatic N) is 2. The third-order valence-corrected chi connectivity index (χ3v) is 3.97. The summed E-state index contributed by atoms with van der Waals surface area (Å²) in [7, 11) is 0. The van der Waals surface area contributed by atoms with Gasteiger partial charge in [0, 0.05) is 13.1 Å². The zero-order valence-corrected chi connectivity index (χ0v) is 16.5. The molecule has 1 amide bonds. The number of aromatic carboxylic acids is 1. The lowest BCUT2D eigenvalue weighted by atomic mass is 10.0. The smallest absolute Gasteiger partial charge is 0.407 e. The highest BCUT2D eigenvalue weighted by Gasteiger charge is 2.21. The van der Waals surface area contributed by atoms with Crippen LogP contribution in [0.3, 0.4) is 0 Å². The van der Waals surface area contributed by atoms with Crippen molar-refractivity contribution in [2.45, 2.75) is 32.8 Å². The summed E-state index contributed by atoms with van der Waals surface area (Å²) in [5, 5.41) is 15.1. The lowest BCUT2D eigenvalue weighted by Gasteiger charge is -2.14. The molecule has 2 rings (SSSR count). The van der Waals surface area contributed by atoms with Gasteiger partial charge in [0.05, 0.1) is 5.69 Å². The number of amides is 1. The van der Waals surface area contributed by atoms with E-state index in [2.05, 4.69) is 20.6 Å². The minimum absolute atomic E-state index is 0.00892. The molecule has 2 aromatic rings. The fourth-order valence-corrected chi connectivity index (χ4v) is 2.64. The van der Waals surface area contributed by atoms with Crippen LogP contribution in [0.1, 0.15) is 47.8 Å². The Kier molecular flexibility index (Phi) is 8.01. The van der Waals surface area contributed by atoms with Crippen molar-refractivity contribution in [1.82, 2.24) is 15.3 Å². The predicted molar refractivity (Wildman–Crippen MR) is 106 cm³/mol. The van der Waals surface area contributed by atoms with Crippen molar-refractivity contribution < 1.29 is 19.4 Å². The lowest BCUT2D eigenvalue weighted by molar-refractivity contribution is 0.0695. The Morgan fingerprint density at radius 2 is 1.89 bits per heavy atom. The van der Waals surface area contributed by atoms with Crippen LogP contribution in [0.5, 0.6) is 0 Å². The molecule has 9 heteroatoms. The molecule has 0 unspecified atom stereocenters. The summed E-state index contributed by atoms with van der Waals surface area (Å²) in [6.45, 7) is 4.62. The molecule has 1 aromatic carbocycles. The van der Waals surface area contributed by atoms with Gasteiger partial charge in [0.1, 0.15) is 18.0 Å². The Labute approximate surface area is 168 Å². The third kappa shape index (κ3) is 6.38. The first-order valence-corrected chi connectivity index (χ1v) is 9.25. The first-order valence-electron chi connectivity index (χ1n) is 8.87. The van der Waals surface area contributed by atoms with Crippen molar-refractivity contribution in [3.8, 4) is 0 Å². The Bertz CT molecular complexity index is 815. The average molecular weight is 407 g/mol. The molecule has 0 aliphatic rings. The van der Waals surface area contributed by atoms with Crippen molar-refractivity contribution in [2.24, 2.45) is 0 Å². The van der Waals surface area contributed by atoms with Gasteiger partial charge in [0.15, 0.2) is 0 Å². The first kappa shape index (κ1) is 21.4. The molecular formula is C19H23ClN4O4. The van der Waals surface area contributed by atoms with E-state index in [1.165, 1.54) is 0 Å². The number of alkyl carbamates (subject to hydrolysis) is 1. The number of halogens is 1. The number of carbonyl (C=O) groups excluding carboxylic acids is 1. The van der Waals surface area contributed by atoms with Crippen molar-refractivity contribution in [2.75, 3.05) is 18.4 Å². The quantitative estimate of drug-likeness (QED) is 0.430. The molecule has 0 saturated heterocycles. The maximum Gasteiger partial charge on any atom is 0.407 e. The number of carbonyl (C=O) groups is 2. The standard InChI is InChI=1S/C19H23ClN4O4/c1-12(2)15-14(17(25)26)16(24-18(20)23-15)21-9-6-10-22-19(27)28-11-13-7-4-3-5-8-13/h3-5,7-8,12H,6,9-11H2,1-2H3,(H,22,27)(H,25,26)(H,21,23,24). The van der Waals surface area contributed by atoms with E-state index in [0.717, 1.165) is 5.56 Å². The zero-order valence-electron chi connectivity index (χ0n) is 15.7. The topological polar surface area (TPSA) is 113 Å². The number of carboxylic acid groups (broad SMARTS) is 1. The van der Waals surface area contributed by atoms with Gasteiger partial charge in [-0.15, -0.1) is 0 Å². The minimum Gasteiger partial charge on any atom is -0.477 e. The molecule has 0 spiro atoms. The van der Waals surface area contributed by atoms with Crippen LogP contribution in [0, 0.1) is 0 Å². The molecule has 150 valence electrons. The molecule has 3 N–H and O–H groups in total. The Hall–Kier alpha value is -2.87. The van der Waals surface area contributed by atoms with Gasteiger partial charge in [-0.2, -0.15) is 4.98 Å². The van der Waals surface area contributed by atoms with Gasteiger partial charge >= 0.3 is 12.1 Å². The van der Waals surface area contributed by atoms with E-state index in [9.17, 15) is 14.7 Å². The minimum atomic E-state index is -1.12. The monoisotopic (exact) mass is 406 g/mol. The summed E-state index contributed by atoms with van der Waals surface area (Å²) >= 11 is 5.91. The predicted octanol–water partition coefficient (Wildman–Crippen LogP) is 3.68. The van der Waals surface area contributed by atoms with Crippen molar-refractivity contribution in [3.63, 3.8) is 0 Å². The molecule has 0 bridgehead atoms. The number of carboxylic acids is 1. The molecule has 0 aliphatic heterocycles. The summed E-state index contributed by atoms with van der Waals surface area (Å²) in [5.74, 6) is -1.07. The number of aromatic nitrogens is 2. The van der Waals surface area contributed by atoms with E-state index in [-0.39, 0.29) is 29.2 Å². The Balaban J connectivity index is 1.80. The number of rotatable bonds is 9. The maximum absolute atomic E-state index is 11.7. The normalized spacial score (nSPS) is 10.6. The lowest BCUT2D eigenvalue weighted by Crippen LogP contribution is -2.26. The van der Waals surface area contributed by atoms with Crippen molar-refractivity contribution in [3.05, 3.63) is 52.4 Å². The van der Waals surface area contributed by atoms with Crippen molar-refractivity contribution >= 4 is 29.5 Å². The summed E-state index contributed by atoms with van der Waals surface area (Å²) in [4.78, 5) is 31.3. The van der Waals surface area contributed by atoms with E-state index in [1.54, 1.807) is 0 Å². The summed E-state index contributed by atoms with van der Waals surface area (Å²) in [6, 6.07) is 9.38. The fourth-order valence-electron chi connectivity index (χ4n) is 2.47. The highest BCUT2D eigenvalue weighted by Crippen LogP contribution is 2.25. The van der Waals surface area contributed by atoms with Crippen LogP contribution >= 0.6 is 11.6 Å². The summed E-state index contributed by atoms with van der Waals surface area (Å²) < 4.78 is 5.12. The second-order valence-corrected chi connectivity index (χ2v) is 6.67. The van der Waals surface area contributed by atoms with Gasteiger partial charge < -0.3 is 20.5 Å². The summed E-state index contributed by atoms with van der Waals surface area (Å²) in [5.41, 5.74) is 1.29. The van der Waals surface area contributed by atoms with Crippen LogP contribution in [0.2, 0.25) is 5.28 Å². The highest BCUT2D eigenvalue weighted by molar-refractivity contribution is 6.28. The van der Waals surface area contributed by atoms with Gasteiger partial charge in [0.2, 0.25) is 5.28 Å². The first-order chi connectivity index (χ1) is 13.4. The zero-order chi connectivity index (χ0) is 20.5. The van der Waals surface area contributed by atoms with Gasteiger partial charge in [0.25, 0.3) is 0 Å². The van der Waals surface area contributed by atoms with E-state index in [0.29, 0.717) is 25.2 Å². The molecule has 28 heavy (non-hydrogen) atoms. The molecule has 8 nitrogen and oxygen atoms in total.